The molecular weight excluding hydrogens is 515 g/mol. The summed E-state index contributed by atoms with van der Waals surface area (Å²) in [6.07, 6.45) is 2.17. The summed E-state index contributed by atoms with van der Waals surface area (Å²) in [6, 6.07) is 10.9. The molecule has 1 spiro atoms. The molecule has 11 heteroatoms. The van der Waals surface area contributed by atoms with Crippen LogP contribution in [0.5, 0.6) is 0 Å². The molecule has 39 heavy (non-hydrogen) atoms. The number of nitrogens with zero attached hydrogens (tertiary/aromatic N) is 3. The Morgan fingerprint density at radius 2 is 1.79 bits per heavy atom. The molecule has 0 N–H and O–H groups in total. The molecule has 3 aromatic rings. The maximum Gasteiger partial charge on any atom is 0.197 e. The van der Waals surface area contributed by atoms with Crippen LogP contribution in [0.4, 0.5) is 13.2 Å². The van der Waals surface area contributed by atoms with Gasteiger partial charge < -0.3 is 23.7 Å². The molecule has 2 aromatic carbocycles. The zero-order valence-corrected chi connectivity index (χ0v) is 21.7. The van der Waals surface area contributed by atoms with Crippen molar-refractivity contribution in [3.8, 4) is 11.3 Å². The Kier molecular flexibility index (Phi) is 6.96. The number of hydrogen-bond donors (Lipinski definition) is 0. The first-order chi connectivity index (χ1) is 18.7. The van der Waals surface area contributed by atoms with E-state index < -0.39 is 53.4 Å². The minimum absolute atomic E-state index is 0.0554. The summed E-state index contributed by atoms with van der Waals surface area (Å²) in [4.78, 5) is 0. The van der Waals surface area contributed by atoms with Crippen molar-refractivity contribution >= 4 is 0 Å². The number of aromatic nitrogens is 3. The average molecular weight is 546 g/mol. The van der Waals surface area contributed by atoms with Crippen LogP contribution in [0.2, 0.25) is 0 Å². The molecule has 5 atom stereocenters. The molecule has 208 valence electrons. The van der Waals surface area contributed by atoms with E-state index in [1.807, 2.05) is 44.2 Å². The second-order valence-electron chi connectivity index (χ2n) is 10.6. The third-order valence-electron chi connectivity index (χ3n) is 7.45. The molecule has 3 aliphatic rings. The molecule has 0 bridgehead atoms. The zero-order chi connectivity index (χ0) is 27.2. The molecule has 0 radical (unpaired) electrons. The van der Waals surface area contributed by atoms with E-state index in [9.17, 15) is 13.2 Å². The average Bonchev–Trinajstić information content (AvgIpc) is 3.41. The van der Waals surface area contributed by atoms with E-state index >= 15 is 0 Å². The third-order valence-corrected chi connectivity index (χ3v) is 7.45. The van der Waals surface area contributed by atoms with E-state index in [1.165, 1.54) is 0 Å². The van der Waals surface area contributed by atoms with Gasteiger partial charge in [0.15, 0.2) is 29.0 Å². The minimum atomic E-state index is -1.54. The Balaban J connectivity index is 1.42. The van der Waals surface area contributed by atoms with Crippen molar-refractivity contribution in [3.63, 3.8) is 0 Å². The Labute approximate surface area is 223 Å². The summed E-state index contributed by atoms with van der Waals surface area (Å²) in [5.74, 6) is -6.15. The molecule has 0 amide bonds. The van der Waals surface area contributed by atoms with Gasteiger partial charge in [-0.15, -0.1) is 5.10 Å². The van der Waals surface area contributed by atoms with Crippen molar-refractivity contribution in [2.75, 3.05) is 13.2 Å². The van der Waals surface area contributed by atoms with Crippen LogP contribution >= 0.6 is 0 Å². The van der Waals surface area contributed by atoms with Gasteiger partial charge in [-0.2, -0.15) is 0 Å². The van der Waals surface area contributed by atoms with Gasteiger partial charge in [-0.1, -0.05) is 35.5 Å². The van der Waals surface area contributed by atoms with Crippen molar-refractivity contribution in [1.29, 1.82) is 0 Å². The predicted molar refractivity (Wildman–Crippen MR) is 132 cm³/mol. The van der Waals surface area contributed by atoms with Gasteiger partial charge >= 0.3 is 0 Å². The third kappa shape index (κ3) is 5.09. The van der Waals surface area contributed by atoms with Crippen molar-refractivity contribution in [1.82, 2.24) is 15.0 Å². The van der Waals surface area contributed by atoms with Crippen LogP contribution < -0.4 is 0 Å². The van der Waals surface area contributed by atoms with Gasteiger partial charge in [0, 0.05) is 12.0 Å². The molecule has 3 saturated heterocycles. The number of benzene rings is 2. The smallest absolute Gasteiger partial charge is 0.197 e. The summed E-state index contributed by atoms with van der Waals surface area (Å²) in [7, 11) is 0. The van der Waals surface area contributed by atoms with Crippen molar-refractivity contribution in [3.05, 3.63) is 71.7 Å². The first kappa shape index (κ1) is 26.4. The molecule has 0 aliphatic carbocycles. The van der Waals surface area contributed by atoms with Crippen molar-refractivity contribution < 1.29 is 36.9 Å². The fraction of sp³-hybridized carbons (Fsp3) is 0.500. The van der Waals surface area contributed by atoms with Crippen LogP contribution in [0.1, 0.15) is 44.7 Å². The van der Waals surface area contributed by atoms with E-state index in [0.717, 1.165) is 30.5 Å². The number of fused-ring (bicyclic) bond motifs is 1. The van der Waals surface area contributed by atoms with E-state index in [-0.39, 0.29) is 24.5 Å². The lowest BCUT2D eigenvalue weighted by molar-refractivity contribution is -0.418. The Hall–Kier alpha value is -2.83. The number of halogens is 3. The van der Waals surface area contributed by atoms with Gasteiger partial charge in [0.25, 0.3) is 0 Å². The number of ether oxygens (including phenoxy) is 5. The van der Waals surface area contributed by atoms with Crippen molar-refractivity contribution in [2.24, 2.45) is 0 Å². The highest BCUT2D eigenvalue weighted by atomic mass is 19.2. The minimum Gasteiger partial charge on any atom is -0.366 e. The van der Waals surface area contributed by atoms with Crippen LogP contribution in [0, 0.1) is 17.5 Å². The Bertz CT molecular complexity index is 1290. The molecule has 0 unspecified atom stereocenters. The molecule has 4 heterocycles. The molecule has 3 fully saturated rings. The largest absolute Gasteiger partial charge is 0.366 e. The molecule has 6 rings (SSSR count). The van der Waals surface area contributed by atoms with Gasteiger partial charge in [0.05, 0.1) is 26.0 Å². The van der Waals surface area contributed by atoms with Crippen LogP contribution in [-0.2, 0) is 30.3 Å². The van der Waals surface area contributed by atoms with Gasteiger partial charge in [-0.25, -0.2) is 17.9 Å². The summed E-state index contributed by atoms with van der Waals surface area (Å²) in [6.45, 7) is 4.68. The summed E-state index contributed by atoms with van der Waals surface area (Å²) < 4.78 is 75.0. The molecule has 0 saturated carbocycles. The summed E-state index contributed by atoms with van der Waals surface area (Å²) in [5, 5.41) is 8.50. The predicted octanol–water partition coefficient (Wildman–Crippen LogP) is 4.94. The van der Waals surface area contributed by atoms with E-state index in [4.69, 9.17) is 23.7 Å². The number of rotatable bonds is 5. The Morgan fingerprint density at radius 3 is 2.51 bits per heavy atom. The second-order valence-corrected chi connectivity index (χ2v) is 10.6. The monoisotopic (exact) mass is 545 g/mol. The van der Waals surface area contributed by atoms with Crippen LogP contribution in [-0.4, -0.2) is 58.1 Å². The molecule has 3 aliphatic heterocycles. The molecule has 1 aromatic heterocycles. The molecular formula is C28H30F3N3O5. The first-order valence-corrected chi connectivity index (χ1v) is 13.1. The normalized spacial score (nSPS) is 30.3. The van der Waals surface area contributed by atoms with Gasteiger partial charge in [-0.05, 0) is 44.4 Å². The lowest BCUT2D eigenvalue weighted by Gasteiger charge is -2.56. The lowest BCUT2D eigenvalue weighted by Crippen LogP contribution is -2.68. The molecule has 8 nitrogen and oxygen atoms in total. The highest BCUT2D eigenvalue weighted by Gasteiger charge is 2.60. The fourth-order valence-corrected chi connectivity index (χ4v) is 5.60. The lowest BCUT2D eigenvalue weighted by atomic mass is 9.85. The van der Waals surface area contributed by atoms with Crippen LogP contribution in [0.15, 0.2) is 48.7 Å². The summed E-state index contributed by atoms with van der Waals surface area (Å²) in [5.41, 5.74) is 1.19. The zero-order valence-electron chi connectivity index (χ0n) is 21.7. The first-order valence-electron chi connectivity index (χ1n) is 13.1. The fourth-order valence-electron chi connectivity index (χ4n) is 5.60. The van der Waals surface area contributed by atoms with E-state index in [1.54, 1.807) is 10.9 Å². The number of hydrogen-bond acceptors (Lipinski definition) is 7. The van der Waals surface area contributed by atoms with E-state index in [0.29, 0.717) is 13.0 Å². The van der Waals surface area contributed by atoms with Crippen LogP contribution in [0.3, 0.4) is 0 Å². The maximum absolute atomic E-state index is 14.0. The van der Waals surface area contributed by atoms with Gasteiger partial charge in [0.2, 0.25) is 0 Å². The van der Waals surface area contributed by atoms with Crippen molar-refractivity contribution in [2.45, 2.75) is 75.6 Å². The van der Waals surface area contributed by atoms with Gasteiger partial charge in [-0.3, -0.25) is 0 Å². The quantitative estimate of drug-likeness (QED) is 0.421. The topological polar surface area (TPSA) is 76.9 Å². The van der Waals surface area contributed by atoms with E-state index in [2.05, 4.69) is 10.3 Å². The SMILES string of the molecule is CC1(C)OC[C@H]2O[C@@]3(CCCCO3)[C@H](OCc3ccccc3)[C@@H](n3cc(-c4cc(F)c(F)c(F)c4)nn3)[C@H]2O1. The summed E-state index contributed by atoms with van der Waals surface area (Å²) >= 11 is 0. The highest BCUT2D eigenvalue weighted by molar-refractivity contribution is 5.58. The maximum atomic E-state index is 14.0. The second kappa shape index (κ2) is 10.3. The van der Waals surface area contributed by atoms with Crippen LogP contribution in [0.25, 0.3) is 11.3 Å². The Morgan fingerprint density at radius 1 is 1.03 bits per heavy atom. The highest BCUT2D eigenvalue weighted by Crippen LogP contribution is 2.47. The van der Waals surface area contributed by atoms with Gasteiger partial charge in [0.1, 0.15) is 30.0 Å². The standard InChI is InChI=1S/C28H30F3N3O5/c1-27(2)37-16-22-25(39-27)24(34-14-21(32-33-34)18-12-19(29)23(31)20(30)13-18)26(28(38-22)10-6-7-11-36-28)35-15-17-8-4-3-5-9-17/h3-5,8-9,12-14,22,24-26H,6-7,10-11,15-16H2,1-2H3/t22-,24+,25+,26-,28+/m1/s1.